The summed E-state index contributed by atoms with van der Waals surface area (Å²) in [6.45, 7) is 3.81. The average Bonchev–Trinajstić information content (AvgIpc) is 2.38. The van der Waals surface area contributed by atoms with Gasteiger partial charge >= 0.3 is 0 Å². The summed E-state index contributed by atoms with van der Waals surface area (Å²) >= 11 is 5.71. The zero-order chi connectivity index (χ0) is 14.8. The van der Waals surface area contributed by atoms with E-state index in [2.05, 4.69) is 9.97 Å². The van der Waals surface area contributed by atoms with E-state index in [1.54, 1.807) is 12.1 Å². The number of carbonyl (C=O) groups is 1. The summed E-state index contributed by atoms with van der Waals surface area (Å²) in [7, 11) is 0. The molecule has 0 unspecified atom stereocenters. The Morgan fingerprint density at radius 1 is 1.35 bits per heavy atom. The van der Waals surface area contributed by atoms with Crippen LogP contribution in [0.2, 0.25) is 5.28 Å². The third-order valence-corrected chi connectivity index (χ3v) is 3.14. The van der Waals surface area contributed by atoms with E-state index in [1.807, 2.05) is 32.0 Å². The van der Waals surface area contributed by atoms with E-state index in [0.29, 0.717) is 11.3 Å². The van der Waals surface area contributed by atoms with Crippen molar-refractivity contribution in [3.8, 4) is 0 Å². The van der Waals surface area contributed by atoms with Gasteiger partial charge in [-0.25, -0.2) is 9.97 Å². The first-order valence-corrected chi connectivity index (χ1v) is 6.64. The molecule has 1 heterocycles. The highest BCUT2D eigenvalue weighted by atomic mass is 35.5. The number of ketones is 1. The molecule has 104 valence electrons. The first kappa shape index (κ1) is 14.6. The van der Waals surface area contributed by atoms with Crippen LogP contribution in [-0.2, 0) is 12.0 Å². The van der Waals surface area contributed by atoms with Crippen LogP contribution in [0.25, 0.3) is 0 Å². The van der Waals surface area contributed by atoms with Crippen LogP contribution in [0.1, 0.15) is 35.5 Å². The Labute approximate surface area is 123 Å². The number of nitrogens with two attached hydrogens (primary N) is 1. The maximum Gasteiger partial charge on any atom is 0.222 e. The molecular weight excluding hydrogens is 274 g/mol. The molecule has 0 spiro atoms. The zero-order valence-corrected chi connectivity index (χ0v) is 12.2. The molecule has 0 radical (unpaired) electrons. The van der Waals surface area contributed by atoms with Crippen LogP contribution in [0.4, 0.5) is 0 Å². The lowest BCUT2D eigenvalue weighted by Crippen LogP contribution is -2.28. The van der Waals surface area contributed by atoms with E-state index in [4.69, 9.17) is 17.3 Å². The van der Waals surface area contributed by atoms with Crippen molar-refractivity contribution in [2.75, 3.05) is 0 Å². The van der Waals surface area contributed by atoms with Crippen molar-refractivity contribution >= 4 is 17.4 Å². The molecule has 1 aromatic heterocycles. The molecule has 0 fully saturated rings. The van der Waals surface area contributed by atoms with E-state index < -0.39 is 5.54 Å². The van der Waals surface area contributed by atoms with E-state index in [9.17, 15) is 4.79 Å². The van der Waals surface area contributed by atoms with Crippen molar-refractivity contribution in [2.45, 2.75) is 25.8 Å². The van der Waals surface area contributed by atoms with Crippen molar-refractivity contribution in [3.05, 3.63) is 58.6 Å². The van der Waals surface area contributed by atoms with Crippen molar-refractivity contribution in [3.63, 3.8) is 0 Å². The average molecular weight is 290 g/mol. The molecular formula is C15H16ClN3O. The van der Waals surface area contributed by atoms with Gasteiger partial charge in [-0.05, 0) is 43.1 Å². The number of Topliss-reactive ketones (excluding diaryl/α,β-unsaturated/α-hetero) is 1. The molecule has 4 nitrogen and oxygen atoms in total. The second-order valence-electron chi connectivity index (χ2n) is 5.22. The molecule has 5 heteroatoms. The Bertz CT molecular complexity index is 635. The van der Waals surface area contributed by atoms with Crippen LogP contribution in [0.3, 0.4) is 0 Å². The number of carbonyl (C=O) groups excluding carboxylic acids is 1. The molecule has 1 aromatic carbocycles. The molecule has 0 bridgehead atoms. The summed E-state index contributed by atoms with van der Waals surface area (Å²) in [5.74, 6) is -0.0223. The van der Waals surface area contributed by atoms with Crippen LogP contribution in [0.5, 0.6) is 0 Å². The van der Waals surface area contributed by atoms with Crippen molar-refractivity contribution < 1.29 is 4.79 Å². The van der Waals surface area contributed by atoms with Gasteiger partial charge in [-0.15, -0.1) is 0 Å². The van der Waals surface area contributed by atoms with Gasteiger partial charge in [-0.3, -0.25) is 4.79 Å². The van der Waals surface area contributed by atoms with Gasteiger partial charge in [-0.1, -0.05) is 18.2 Å². The molecule has 0 aliphatic rings. The first-order chi connectivity index (χ1) is 9.36. The van der Waals surface area contributed by atoms with E-state index in [0.717, 1.165) is 5.56 Å². The van der Waals surface area contributed by atoms with Gasteiger partial charge in [0.1, 0.15) is 0 Å². The molecule has 20 heavy (non-hydrogen) atoms. The van der Waals surface area contributed by atoms with Crippen LogP contribution in [-0.4, -0.2) is 15.8 Å². The smallest absolute Gasteiger partial charge is 0.222 e. The second-order valence-corrected chi connectivity index (χ2v) is 5.56. The number of benzene rings is 1. The number of aromatic nitrogens is 2. The van der Waals surface area contributed by atoms with Gasteiger partial charge in [0.05, 0.1) is 12.1 Å². The maximum atomic E-state index is 12.3. The Morgan fingerprint density at radius 3 is 2.75 bits per heavy atom. The van der Waals surface area contributed by atoms with E-state index in [1.165, 1.54) is 6.20 Å². The predicted molar refractivity (Wildman–Crippen MR) is 78.7 cm³/mol. The fraction of sp³-hybridized carbons (Fsp3) is 0.267. The standard InChI is InChI=1S/C15H16ClN3O/c1-15(2,17)11-5-3-4-10(8-11)13(20)9-12-6-7-18-14(16)19-12/h3-8H,9,17H2,1-2H3. The highest BCUT2D eigenvalue weighted by Crippen LogP contribution is 2.19. The molecule has 0 aliphatic heterocycles. The summed E-state index contributed by atoms with van der Waals surface area (Å²) in [6, 6.07) is 9.04. The minimum Gasteiger partial charge on any atom is -0.322 e. The topological polar surface area (TPSA) is 68.9 Å². The fourth-order valence-electron chi connectivity index (χ4n) is 1.83. The number of hydrogen-bond acceptors (Lipinski definition) is 4. The molecule has 2 rings (SSSR count). The van der Waals surface area contributed by atoms with Crippen LogP contribution >= 0.6 is 11.6 Å². The SMILES string of the molecule is CC(C)(N)c1cccc(C(=O)Cc2ccnc(Cl)n2)c1. The van der Waals surface area contributed by atoms with Crippen LogP contribution in [0, 0.1) is 0 Å². The third kappa shape index (κ3) is 3.62. The molecule has 0 saturated heterocycles. The fourth-order valence-corrected chi connectivity index (χ4v) is 1.99. The normalized spacial score (nSPS) is 11.4. The van der Waals surface area contributed by atoms with Crippen molar-refractivity contribution in [1.29, 1.82) is 0 Å². The summed E-state index contributed by atoms with van der Waals surface area (Å²) in [5, 5.41) is 0.146. The third-order valence-electron chi connectivity index (χ3n) is 2.95. The summed E-state index contributed by atoms with van der Waals surface area (Å²) in [6.07, 6.45) is 1.73. The van der Waals surface area contributed by atoms with Gasteiger partial charge in [-0.2, -0.15) is 0 Å². The Morgan fingerprint density at radius 2 is 2.10 bits per heavy atom. The van der Waals surface area contributed by atoms with Gasteiger partial charge in [0, 0.05) is 17.3 Å². The monoisotopic (exact) mass is 289 g/mol. The Hall–Kier alpha value is -1.78. The molecule has 2 N–H and O–H groups in total. The molecule has 0 saturated carbocycles. The minimum atomic E-state index is -0.478. The summed E-state index contributed by atoms with van der Waals surface area (Å²) in [4.78, 5) is 20.1. The first-order valence-electron chi connectivity index (χ1n) is 6.26. The quantitative estimate of drug-likeness (QED) is 0.694. The lowest BCUT2D eigenvalue weighted by atomic mass is 9.92. The predicted octanol–water partition coefficient (Wildman–Crippen LogP) is 2.75. The van der Waals surface area contributed by atoms with Gasteiger partial charge in [0.25, 0.3) is 0 Å². The zero-order valence-electron chi connectivity index (χ0n) is 11.4. The van der Waals surface area contributed by atoms with Gasteiger partial charge < -0.3 is 5.73 Å². The van der Waals surface area contributed by atoms with Crippen molar-refractivity contribution in [2.24, 2.45) is 5.73 Å². The van der Waals surface area contributed by atoms with Crippen molar-refractivity contribution in [1.82, 2.24) is 9.97 Å². The molecule has 0 aliphatic carbocycles. The van der Waals surface area contributed by atoms with E-state index in [-0.39, 0.29) is 17.5 Å². The Balaban J connectivity index is 2.22. The molecule has 0 atom stereocenters. The Kier molecular flexibility index (Phi) is 4.16. The summed E-state index contributed by atoms with van der Waals surface area (Å²) < 4.78 is 0. The lowest BCUT2D eigenvalue weighted by Gasteiger charge is -2.19. The highest BCUT2D eigenvalue weighted by molar-refractivity contribution is 6.28. The van der Waals surface area contributed by atoms with Crippen LogP contribution in [0.15, 0.2) is 36.5 Å². The van der Waals surface area contributed by atoms with Gasteiger partial charge in [0.2, 0.25) is 5.28 Å². The minimum absolute atomic E-state index is 0.0223. The summed E-state index contributed by atoms with van der Waals surface area (Å²) in [5.41, 5.74) is 7.72. The number of rotatable bonds is 4. The largest absolute Gasteiger partial charge is 0.322 e. The maximum absolute atomic E-state index is 12.3. The molecule has 0 amide bonds. The van der Waals surface area contributed by atoms with Crippen LogP contribution < -0.4 is 5.73 Å². The number of halogens is 1. The number of hydrogen-bond donors (Lipinski definition) is 1. The van der Waals surface area contributed by atoms with E-state index >= 15 is 0 Å². The lowest BCUT2D eigenvalue weighted by molar-refractivity contribution is 0.0992. The molecule has 2 aromatic rings. The van der Waals surface area contributed by atoms with Gasteiger partial charge in [0.15, 0.2) is 5.78 Å². The number of nitrogens with zero attached hydrogens (tertiary/aromatic N) is 2. The second kappa shape index (κ2) is 5.69. The highest BCUT2D eigenvalue weighted by Gasteiger charge is 2.16.